The molecule has 3 rings (SSSR count). The lowest BCUT2D eigenvalue weighted by Crippen LogP contribution is -2.56. The van der Waals surface area contributed by atoms with Gasteiger partial charge in [-0.1, -0.05) is 0 Å². The van der Waals surface area contributed by atoms with Gasteiger partial charge in [0.05, 0.1) is 25.5 Å². The second-order valence-electron chi connectivity index (χ2n) is 6.30. The van der Waals surface area contributed by atoms with E-state index >= 15 is 0 Å². The van der Waals surface area contributed by atoms with Crippen LogP contribution in [-0.4, -0.2) is 68.6 Å². The van der Waals surface area contributed by atoms with E-state index in [0.717, 1.165) is 6.20 Å². The minimum absolute atomic E-state index is 0.0461. The number of anilines is 1. The molecule has 0 bridgehead atoms. The number of carboxylic acid groups (broad SMARTS) is 1. The topological polar surface area (TPSA) is 119 Å². The van der Waals surface area contributed by atoms with Gasteiger partial charge in [-0.3, -0.25) is 4.98 Å². The number of aliphatic hydroxyl groups excluding tert-OH is 2. The first-order valence-electron chi connectivity index (χ1n) is 8.70. The molecule has 0 aliphatic carbocycles. The quantitative estimate of drug-likeness (QED) is 0.662. The van der Waals surface area contributed by atoms with Gasteiger partial charge >= 0.3 is 6.09 Å². The fraction of sp³-hybridized carbons (Fsp3) is 0.389. The molecule has 3 N–H and O–H groups in total. The first-order chi connectivity index (χ1) is 13.5. The molecule has 1 fully saturated rings. The van der Waals surface area contributed by atoms with Gasteiger partial charge in [-0.15, -0.1) is 0 Å². The highest BCUT2D eigenvalue weighted by Crippen LogP contribution is 2.26. The van der Waals surface area contributed by atoms with E-state index in [0.29, 0.717) is 23.5 Å². The predicted octanol–water partition coefficient (Wildman–Crippen LogP) is 0.848. The van der Waals surface area contributed by atoms with Crippen LogP contribution in [0, 0.1) is 5.82 Å². The van der Waals surface area contributed by atoms with Gasteiger partial charge in [-0.25, -0.2) is 9.18 Å². The minimum Gasteiger partial charge on any atom is -0.473 e. The summed E-state index contributed by atoms with van der Waals surface area (Å²) in [6, 6.07) is 4.20. The number of carbonyl (C=O) groups is 1. The van der Waals surface area contributed by atoms with Gasteiger partial charge in [0.1, 0.15) is 18.2 Å². The van der Waals surface area contributed by atoms with Crippen LogP contribution in [0.25, 0.3) is 0 Å². The van der Waals surface area contributed by atoms with Crippen molar-refractivity contribution in [3.63, 3.8) is 0 Å². The van der Waals surface area contributed by atoms with Crippen LogP contribution >= 0.6 is 0 Å². The maximum Gasteiger partial charge on any atom is 0.407 e. The van der Waals surface area contributed by atoms with E-state index in [1.165, 1.54) is 17.2 Å². The molecule has 0 saturated carbocycles. The molecule has 0 spiro atoms. The summed E-state index contributed by atoms with van der Waals surface area (Å²) in [7, 11) is 0. The van der Waals surface area contributed by atoms with E-state index in [2.05, 4.69) is 9.97 Å². The Bertz CT molecular complexity index is 837. The first-order valence-corrected chi connectivity index (χ1v) is 8.70. The molecule has 0 aromatic carbocycles. The molecule has 1 aliphatic heterocycles. The second kappa shape index (κ2) is 8.81. The molecule has 2 aromatic rings. The number of aliphatic hydroxyl groups is 2. The molecule has 0 radical (unpaired) electrons. The summed E-state index contributed by atoms with van der Waals surface area (Å²) >= 11 is 0. The SMILES string of the molecule is O=C(O)N1CCN(c2nc(OCc3ccncc3F)ccc2CO)C(CO)C1. The monoisotopic (exact) mass is 392 g/mol. The molecule has 1 amide bonds. The molecule has 2 aromatic heterocycles. The van der Waals surface area contributed by atoms with E-state index in [9.17, 15) is 19.4 Å². The number of hydrogen-bond acceptors (Lipinski definition) is 7. The third kappa shape index (κ3) is 4.29. The van der Waals surface area contributed by atoms with Crippen LogP contribution in [0.3, 0.4) is 0 Å². The highest BCUT2D eigenvalue weighted by molar-refractivity contribution is 5.66. The lowest BCUT2D eigenvalue weighted by molar-refractivity contribution is 0.124. The van der Waals surface area contributed by atoms with Crippen LogP contribution in [-0.2, 0) is 13.2 Å². The molecule has 10 heteroatoms. The number of pyridine rings is 2. The van der Waals surface area contributed by atoms with Crippen molar-refractivity contribution in [1.82, 2.24) is 14.9 Å². The maximum atomic E-state index is 13.7. The van der Waals surface area contributed by atoms with E-state index in [4.69, 9.17) is 9.84 Å². The molecule has 1 aliphatic rings. The number of hydrogen-bond donors (Lipinski definition) is 3. The molecule has 1 atom stereocenters. The van der Waals surface area contributed by atoms with Crippen LogP contribution in [0.2, 0.25) is 0 Å². The van der Waals surface area contributed by atoms with Crippen LogP contribution < -0.4 is 9.64 Å². The molecule has 1 unspecified atom stereocenters. The van der Waals surface area contributed by atoms with E-state index in [-0.39, 0.29) is 38.8 Å². The summed E-state index contributed by atoms with van der Waals surface area (Å²) < 4.78 is 19.3. The van der Waals surface area contributed by atoms with E-state index in [1.54, 1.807) is 17.0 Å². The Kier molecular flexibility index (Phi) is 6.22. The molecule has 1 saturated heterocycles. The summed E-state index contributed by atoms with van der Waals surface area (Å²) in [6.07, 6.45) is 1.51. The lowest BCUT2D eigenvalue weighted by atomic mass is 10.1. The highest BCUT2D eigenvalue weighted by atomic mass is 19.1. The van der Waals surface area contributed by atoms with E-state index in [1.807, 2.05) is 0 Å². The summed E-state index contributed by atoms with van der Waals surface area (Å²) in [5.41, 5.74) is 0.845. The number of nitrogens with zero attached hydrogens (tertiary/aromatic N) is 4. The Morgan fingerprint density at radius 2 is 2.07 bits per heavy atom. The second-order valence-corrected chi connectivity index (χ2v) is 6.30. The molecule has 150 valence electrons. The van der Waals surface area contributed by atoms with Crippen molar-refractivity contribution in [2.75, 3.05) is 31.1 Å². The Morgan fingerprint density at radius 1 is 1.25 bits per heavy atom. The van der Waals surface area contributed by atoms with Gasteiger partial charge in [-0.2, -0.15) is 4.98 Å². The van der Waals surface area contributed by atoms with Crippen molar-refractivity contribution in [2.45, 2.75) is 19.3 Å². The summed E-state index contributed by atoms with van der Waals surface area (Å²) in [5, 5.41) is 28.5. The Morgan fingerprint density at radius 3 is 2.75 bits per heavy atom. The smallest absolute Gasteiger partial charge is 0.407 e. The predicted molar refractivity (Wildman–Crippen MR) is 96.5 cm³/mol. The van der Waals surface area contributed by atoms with E-state index < -0.39 is 18.0 Å². The van der Waals surface area contributed by atoms with Crippen molar-refractivity contribution < 1.29 is 29.2 Å². The number of halogens is 1. The average Bonchev–Trinajstić information content (AvgIpc) is 2.72. The Balaban J connectivity index is 1.81. The van der Waals surface area contributed by atoms with Crippen molar-refractivity contribution in [3.05, 3.63) is 47.5 Å². The van der Waals surface area contributed by atoms with Crippen LogP contribution in [0.1, 0.15) is 11.1 Å². The number of rotatable bonds is 6. The fourth-order valence-corrected chi connectivity index (χ4v) is 3.05. The third-order valence-corrected chi connectivity index (χ3v) is 4.57. The molecular weight excluding hydrogens is 371 g/mol. The van der Waals surface area contributed by atoms with Crippen molar-refractivity contribution in [3.8, 4) is 5.88 Å². The zero-order valence-electron chi connectivity index (χ0n) is 15.0. The Hall–Kier alpha value is -2.98. The zero-order valence-corrected chi connectivity index (χ0v) is 15.0. The van der Waals surface area contributed by atoms with Gasteiger partial charge in [-0.05, 0) is 12.1 Å². The number of piperazine rings is 1. The summed E-state index contributed by atoms with van der Waals surface area (Å²) in [6.45, 7) is 0.0648. The van der Waals surface area contributed by atoms with Crippen LogP contribution in [0.5, 0.6) is 5.88 Å². The first kappa shape index (κ1) is 19.8. The average molecular weight is 392 g/mol. The summed E-state index contributed by atoms with van der Waals surface area (Å²) in [5.74, 6) is 0.139. The zero-order chi connectivity index (χ0) is 20.1. The highest BCUT2D eigenvalue weighted by Gasteiger charge is 2.31. The van der Waals surface area contributed by atoms with Gasteiger partial charge < -0.3 is 29.9 Å². The van der Waals surface area contributed by atoms with Crippen molar-refractivity contribution in [1.29, 1.82) is 0 Å². The van der Waals surface area contributed by atoms with Gasteiger partial charge in [0.2, 0.25) is 5.88 Å². The fourth-order valence-electron chi connectivity index (χ4n) is 3.05. The number of amides is 1. The van der Waals surface area contributed by atoms with Crippen molar-refractivity contribution in [2.24, 2.45) is 0 Å². The number of ether oxygens (including phenoxy) is 1. The largest absolute Gasteiger partial charge is 0.473 e. The van der Waals surface area contributed by atoms with Gasteiger partial charge in [0.15, 0.2) is 0 Å². The van der Waals surface area contributed by atoms with Gasteiger partial charge in [0, 0.05) is 43.0 Å². The molecular formula is C18H21FN4O5. The standard InChI is InChI=1S/C18H21FN4O5/c19-15-7-20-4-3-13(15)11-28-16-2-1-12(9-24)17(21-16)23-6-5-22(18(26)27)8-14(23)10-25/h1-4,7,14,24-25H,5-6,8-11H2,(H,26,27). The minimum atomic E-state index is -1.05. The number of aromatic nitrogens is 2. The Labute approximate surface area is 160 Å². The maximum absolute atomic E-state index is 13.7. The molecule has 3 heterocycles. The normalized spacial score (nSPS) is 16.9. The lowest BCUT2D eigenvalue weighted by Gasteiger charge is -2.40. The van der Waals surface area contributed by atoms with Crippen molar-refractivity contribution >= 4 is 11.9 Å². The van der Waals surface area contributed by atoms with Crippen LogP contribution in [0.4, 0.5) is 15.0 Å². The van der Waals surface area contributed by atoms with Crippen LogP contribution in [0.15, 0.2) is 30.6 Å². The van der Waals surface area contributed by atoms with Gasteiger partial charge in [0.25, 0.3) is 0 Å². The molecule has 28 heavy (non-hydrogen) atoms. The third-order valence-electron chi connectivity index (χ3n) is 4.57. The molecule has 9 nitrogen and oxygen atoms in total. The summed E-state index contributed by atoms with van der Waals surface area (Å²) in [4.78, 5) is 22.3.